The summed E-state index contributed by atoms with van der Waals surface area (Å²) in [5, 5.41) is 11.1. The van der Waals surface area contributed by atoms with Gasteiger partial charge < -0.3 is 5.11 Å². The molecule has 9 heavy (non-hydrogen) atoms. The predicted octanol–water partition coefficient (Wildman–Crippen LogP) is 1.31. The molecule has 3 heteroatoms. The Morgan fingerprint density at radius 1 is 1.11 bits per heavy atom. The van der Waals surface area contributed by atoms with Crippen LogP contribution < -0.4 is 0 Å². The standard InChI is InChI=1S/C6H13NO2/c8-6-4-2-1-3-5-7-9/h8H,1-6H2. The van der Waals surface area contributed by atoms with Crippen molar-refractivity contribution in [2.45, 2.75) is 25.7 Å². The van der Waals surface area contributed by atoms with Crippen molar-refractivity contribution < 1.29 is 5.11 Å². The van der Waals surface area contributed by atoms with Crippen molar-refractivity contribution in [3.63, 3.8) is 0 Å². The highest BCUT2D eigenvalue weighted by atomic mass is 16.3. The van der Waals surface area contributed by atoms with Gasteiger partial charge in [0.15, 0.2) is 0 Å². The second-order valence-electron chi connectivity index (χ2n) is 1.99. The Morgan fingerprint density at radius 2 is 1.78 bits per heavy atom. The molecule has 0 heterocycles. The molecular formula is C6H13NO2. The first kappa shape index (κ1) is 8.56. The quantitative estimate of drug-likeness (QED) is 0.436. The monoisotopic (exact) mass is 131 g/mol. The highest BCUT2D eigenvalue weighted by molar-refractivity contribution is 4.44. The lowest BCUT2D eigenvalue weighted by atomic mass is 10.2. The van der Waals surface area contributed by atoms with E-state index in [1.165, 1.54) is 0 Å². The van der Waals surface area contributed by atoms with Gasteiger partial charge in [0, 0.05) is 6.61 Å². The average Bonchev–Trinajstić information content (AvgIpc) is 1.89. The maximum absolute atomic E-state index is 9.54. The lowest BCUT2D eigenvalue weighted by molar-refractivity contribution is 0.282. The number of nitroso groups, excluding NO2 is 1. The zero-order valence-corrected chi connectivity index (χ0v) is 5.55. The van der Waals surface area contributed by atoms with Crippen molar-refractivity contribution >= 4 is 0 Å². The Kier molecular flexibility index (Phi) is 7.19. The molecule has 0 atom stereocenters. The fraction of sp³-hybridized carbons (Fsp3) is 1.00. The molecule has 0 aliphatic heterocycles. The number of rotatable bonds is 6. The smallest absolute Gasteiger partial charge is 0.0811 e. The third kappa shape index (κ3) is 7.56. The molecule has 3 nitrogen and oxygen atoms in total. The molecule has 0 unspecified atom stereocenters. The van der Waals surface area contributed by atoms with Gasteiger partial charge in [0.05, 0.1) is 6.54 Å². The number of unbranched alkanes of at least 4 members (excludes halogenated alkanes) is 3. The van der Waals surface area contributed by atoms with E-state index in [1.807, 2.05) is 0 Å². The van der Waals surface area contributed by atoms with Crippen LogP contribution in [0.3, 0.4) is 0 Å². The summed E-state index contributed by atoms with van der Waals surface area (Å²) < 4.78 is 0. The van der Waals surface area contributed by atoms with Gasteiger partial charge in [0.25, 0.3) is 0 Å². The Balaban J connectivity index is 2.66. The topological polar surface area (TPSA) is 49.7 Å². The fourth-order valence-electron chi connectivity index (χ4n) is 0.642. The lowest BCUT2D eigenvalue weighted by Crippen LogP contribution is -1.84. The SMILES string of the molecule is O=NCCCCCCO. The molecule has 0 bridgehead atoms. The molecule has 0 aromatic rings. The van der Waals surface area contributed by atoms with E-state index in [0.29, 0.717) is 6.54 Å². The van der Waals surface area contributed by atoms with E-state index < -0.39 is 0 Å². The van der Waals surface area contributed by atoms with Crippen LogP contribution in [0, 0.1) is 4.91 Å². The first-order valence-corrected chi connectivity index (χ1v) is 3.32. The number of hydrogen-bond donors (Lipinski definition) is 1. The van der Waals surface area contributed by atoms with Gasteiger partial charge in [-0.2, -0.15) is 4.91 Å². The van der Waals surface area contributed by atoms with Crippen molar-refractivity contribution in [1.82, 2.24) is 0 Å². The van der Waals surface area contributed by atoms with Crippen LogP contribution in [0.4, 0.5) is 0 Å². The molecule has 0 fully saturated rings. The molecule has 0 aromatic carbocycles. The number of aliphatic hydroxyl groups is 1. The van der Waals surface area contributed by atoms with E-state index in [1.54, 1.807) is 0 Å². The third-order valence-corrected chi connectivity index (χ3v) is 1.16. The van der Waals surface area contributed by atoms with Gasteiger partial charge >= 0.3 is 0 Å². The van der Waals surface area contributed by atoms with Gasteiger partial charge in [-0.1, -0.05) is 18.0 Å². The maximum atomic E-state index is 9.54. The average molecular weight is 131 g/mol. The minimum atomic E-state index is 0.258. The van der Waals surface area contributed by atoms with Gasteiger partial charge in [-0.05, 0) is 12.8 Å². The summed E-state index contributed by atoms with van der Waals surface area (Å²) in [6.45, 7) is 0.681. The Hall–Kier alpha value is -0.440. The van der Waals surface area contributed by atoms with Crippen LogP contribution in [0.15, 0.2) is 5.18 Å². The number of aliphatic hydroxyl groups excluding tert-OH is 1. The molecule has 1 N–H and O–H groups in total. The van der Waals surface area contributed by atoms with Crippen molar-refractivity contribution in [3.05, 3.63) is 4.91 Å². The fourth-order valence-corrected chi connectivity index (χ4v) is 0.642. The van der Waals surface area contributed by atoms with Crippen LogP contribution in [-0.4, -0.2) is 18.3 Å². The van der Waals surface area contributed by atoms with Crippen molar-refractivity contribution in [1.29, 1.82) is 0 Å². The lowest BCUT2D eigenvalue weighted by Gasteiger charge is -1.92. The van der Waals surface area contributed by atoms with E-state index in [2.05, 4.69) is 5.18 Å². The molecule has 0 saturated carbocycles. The molecular weight excluding hydrogens is 118 g/mol. The number of hydrogen-bond acceptors (Lipinski definition) is 3. The highest BCUT2D eigenvalue weighted by Crippen LogP contribution is 1.98. The molecule has 0 rings (SSSR count). The zero-order valence-electron chi connectivity index (χ0n) is 5.55. The van der Waals surface area contributed by atoms with E-state index in [4.69, 9.17) is 5.11 Å². The summed E-state index contributed by atoms with van der Waals surface area (Å²) in [4.78, 5) is 9.54. The first-order chi connectivity index (χ1) is 4.41. The predicted molar refractivity (Wildman–Crippen MR) is 36.2 cm³/mol. The highest BCUT2D eigenvalue weighted by Gasteiger charge is 1.86. The summed E-state index contributed by atoms with van der Waals surface area (Å²) >= 11 is 0. The van der Waals surface area contributed by atoms with Gasteiger partial charge in [-0.15, -0.1) is 0 Å². The Morgan fingerprint density at radius 3 is 2.33 bits per heavy atom. The van der Waals surface area contributed by atoms with Crippen molar-refractivity contribution in [2.75, 3.05) is 13.2 Å². The Bertz CT molecular complexity index is 66.1. The molecule has 0 aliphatic carbocycles. The molecule has 0 amide bonds. The zero-order chi connectivity index (χ0) is 6.95. The van der Waals surface area contributed by atoms with Crippen LogP contribution in [0.1, 0.15) is 25.7 Å². The normalized spacial score (nSPS) is 9.44. The van der Waals surface area contributed by atoms with Gasteiger partial charge in [-0.25, -0.2) is 0 Å². The van der Waals surface area contributed by atoms with E-state index in [0.717, 1.165) is 25.7 Å². The van der Waals surface area contributed by atoms with Gasteiger partial charge in [-0.3, -0.25) is 0 Å². The van der Waals surface area contributed by atoms with Gasteiger partial charge in [0.1, 0.15) is 0 Å². The van der Waals surface area contributed by atoms with Crippen LogP contribution >= 0.6 is 0 Å². The van der Waals surface area contributed by atoms with E-state index in [9.17, 15) is 4.91 Å². The molecule has 0 aromatic heterocycles. The van der Waals surface area contributed by atoms with Crippen LogP contribution in [0.5, 0.6) is 0 Å². The van der Waals surface area contributed by atoms with Crippen LogP contribution in [-0.2, 0) is 0 Å². The summed E-state index contributed by atoms with van der Waals surface area (Å²) in [5.41, 5.74) is 0. The summed E-state index contributed by atoms with van der Waals surface area (Å²) in [6, 6.07) is 0. The first-order valence-electron chi connectivity index (χ1n) is 3.32. The van der Waals surface area contributed by atoms with E-state index in [-0.39, 0.29) is 6.61 Å². The van der Waals surface area contributed by atoms with Crippen molar-refractivity contribution in [2.24, 2.45) is 5.18 Å². The van der Waals surface area contributed by atoms with Gasteiger partial charge in [0.2, 0.25) is 0 Å². The number of nitrogens with zero attached hydrogens (tertiary/aromatic N) is 1. The maximum Gasteiger partial charge on any atom is 0.0811 e. The molecule has 0 radical (unpaired) electrons. The molecule has 54 valence electrons. The van der Waals surface area contributed by atoms with Crippen LogP contribution in [0.25, 0.3) is 0 Å². The molecule has 0 spiro atoms. The molecule has 0 aliphatic rings. The minimum Gasteiger partial charge on any atom is -0.396 e. The largest absolute Gasteiger partial charge is 0.396 e. The second-order valence-corrected chi connectivity index (χ2v) is 1.99. The van der Waals surface area contributed by atoms with E-state index >= 15 is 0 Å². The molecule has 0 saturated heterocycles. The third-order valence-electron chi connectivity index (χ3n) is 1.16. The summed E-state index contributed by atoms with van der Waals surface area (Å²) in [6.07, 6.45) is 3.72. The minimum absolute atomic E-state index is 0.258. The summed E-state index contributed by atoms with van der Waals surface area (Å²) in [5.74, 6) is 0. The summed E-state index contributed by atoms with van der Waals surface area (Å²) in [7, 11) is 0. The van der Waals surface area contributed by atoms with Crippen molar-refractivity contribution in [3.8, 4) is 0 Å². The van der Waals surface area contributed by atoms with Crippen LogP contribution in [0.2, 0.25) is 0 Å². The Labute approximate surface area is 55.1 Å². The second kappa shape index (κ2) is 7.56.